The van der Waals surface area contributed by atoms with Gasteiger partial charge in [-0.15, -0.1) is 0 Å². The van der Waals surface area contributed by atoms with Gasteiger partial charge < -0.3 is 10.6 Å². The minimum Gasteiger partial charge on any atom is -0.326 e. The van der Waals surface area contributed by atoms with Gasteiger partial charge in [-0.25, -0.2) is 9.97 Å². The van der Waals surface area contributed by atoms with Crippen molar-refractivity contribution in [3.8, 4) is 0 Å². The Hall–Kier alpha value is -1.77. The largest absolute Gasteiger partial charge is 0.326 e. The van der Waals surface area contributed by atoms with Crippen molar-refractivity contribution in [2.24, 2.45) is 10.9 Å². The van der Waals surface area contributed by atoms with Crippen molar-refractivity contribution in [2.45, 2.75) is 35.1 Å². The number of benzene rings is 1. The molecule has 0 radical (unpaired) electrons. The number of aliphatic imine (C=N–C) groups is 1. The van der Waals surface area contributed by atoms with Crippen molar-refractivity contribution < 1.29 is 4.79 Å². The molecule has 4 rings (SSSR count). The number of nitrogens with one attached hydrogen (secondary N) is 2. The molecule has 140 valence electrons. The number of nitrogens with zero attached hydrogens (tertiary/aromatic N) is 3. The van der Waals surface area contributed by atoms with E-state index in [2.05, 4.69) is 32.5 Å². The molecule has 1 aliphatic carbocycles. The first-order valence-electron chi connectivity index (χ1n) is 8.66. The second kappa shape index (κ2) is 8.08. The van der Waals surface area contributed by atoms with Crippen LogP contribution in [-0.2, 0) is 4.79 Å². The smallest absolute Gasteiger partial charge is 0.227 e. The maximum atomic E-state index is 11.8. The maximum Gasteiger partial charge on any atom is 0.227 e. The van der Waals surface area contributed by atoms with Crippen molar-refractivity contribution in [3.63, 3.8) is 0 Å². The zero-order valence-corrected chi connectivity index (χ0v) is 17.0. The first-order chi connectivity index (χ1) is 13.0. The Kier molecular flexibility index (Phi) is 5.56. The van der Waals surface area contributed by atoms with E-state index in [0.29, 0.717) is 21.4 Å². The fourth-order valence-electron chi connectivity index (χ4n) is 2.46. The SMILES string of the molecule is CC1CN=C(Nc2cc(Cl)nc(Sc3ccc(NC(=O)C4CC4)cc3)n2)S1. The van der Waals surface area contributed by atoms with Crippen LogP contribution in [0.2, 0.25) is 5.15 Å². The van der Waals surface area contributed by atoms with Gasteiger partial charge >= 0.3 is 0 Å². The third-order valence-corrected chi connectivity index (χ3v) is 6.07. The predicted octanol–water partition coefficient (Wildman–Crippen LogP) is 4.53. The summed E-state index contributed by atoms with van der Waals surface area (Å²) in [4.78, 5) is 26.0. The van der Waals surface area contributed by atoms with E-state index in [4.69, 9.17) is 11.6 Å². The Morgan fingerprint density at radius 2 is 2.04 bits per heavy atom. The van der Waals surface area contributed by atoms with Gasteiger partial charge in [0.15, 0.2) is 10.3 Å². The molecule has 0 saturated heterocycles. The monoisotopic (exact) mass is 419 g/mol. The summed E-state index contributed by atoms with van der Waals surface area (Å²) in [5, 5.41) is 8.38. The lowest BCUT2D eigenvalue weighted by Gasteiger charge is -2.08. The van der Waals surface area contributed by atoms with Gasteiger partial charge in [-0.05, 0) is 48.9 Å². The number of hydrogen-bond donors (Lipinski definition) is 2. The minimum absolute atomic E-state index is 0.103. The standard InChI is InChI=1S/C18H18ClN5OS2/c1-10-9-20-17(26-10)23-15-8-14(19)22-18(24-15)27-13-6-4-12(5-7-13)21-16(25)11-2-3-11/h4-8,10-11H,2-3,9H2,1H3,(H,21,25)(H,20,22,23,24). The summed E-state index contributed by atoms with van der Waals surface area (Å²) in [6.45, 7) is 2.94. The van der Waals surface area contributed by atoms with Crippen molar-refractivity contribution in [3.05, 3.63) is 35.5 Å². The normalized spacial score (nSPS) is 18.9. The van der Waals surface area contributed by atoms with Gasteiger partial charge in [0.05, 0.1) is 6.54 Å². The van der Waals surface area contributed by atoms with Gasteiger partial charge in [0.2, 0.25) is 5.91 Å². The highest BCUT2D eigenvalue weighted by Gasteiger charge is 2.29. The number of amidine groups is 1. The van der Waals surface area contributed by atoms with Crippen LogP contribution in [0.5, 0.6) is 0 Å². The highest BCUT2D eigenvalue weighted by atomic mass is 35.5. The summed E-state index contributed by atoms with van der Waals surface area (Å²) >= 11 is 9.25. The molecule has 27 heavy (non-hydrogen) atoms. The lowest BCUT2D eigenvalue weighted by atomic mass is 10.3. The van der Waals surface area contributed by atoms with Crippen LogP contribution in [0.3, 0.4) is 0 Å². The summed E-state index contributed by atoms with van der Waals surface area (Å²) in [6, 6.07) is 9.33. The van der Waals surface area contributed by atoms with Gasteiger partial charge in [0, 0.05) is 27.8 Å². The van der Waals surface area contributed by atoms with E-state index in [0.717, 1.165) is 35.1 Å². The van der Waals surface area contributed by atoms with Crippen LogP contribution in [0.15, 0.2) is 45.4 Å². The molecule has 1 aliphatic heterocycles. The summed E-state index contributed by atoms with van der Waals surface area (Å²) < 4.78 is 0. The van der Waals surface area contributed by atoms with Gasteiger partial charge in [-0.1, -0.05) is 30.3 Å². The number of hydrogen-bond acceptors (Lipinski definition) is 7. The number of rotatable bonds is 5. The summed E-state index contributed by atoms with van der Waals surface area (Å²) in [5.41, 5.74) is 0.802. The number of anilines is 2. The van der Waals surface area contributed by atoms with E-state index in [1.807, 2.05) is 24.3 Å². The van der Waals surface area contributed by atoms with Gasteiger partial charge in [-0.3, -0.25) is 9.79 Å². The average molecular weight is 420 g/mol. The van der Waals surface area contributed by atoms with E-state index in [9.17, 15) is 4.79 Å². The highest BCUT2D eigenvalue weighted by Crippen LogP contribution is 2.31. The molecule has 6 nitrogen and oxygen atoms in total. The van der Waals surface area contributed by atoms with Crippen molar-refractivity contribution in [1.29, 1.82) is 0 Å². The Balaban J connectivity index is 1.41. The number of thioether (sulfide) groups is 1. The van der Waals surface area contributed by atoms with E-state index in [-0.39, 0.29) is 11.8 Å². The molecule has 1 aromatic heterocycles. The maximum absolute atomic E-state index is 11.8. The fraction of sp³-hybridized carbons (Fsp3) is 0.333. The number of halogens is 1. The third-order valence-electron chi connectivity index (χ3n) is 3.99. The van der Waals surface area contributed by atoms with Crippen LogP contribution in [0.25, 0.3) is 0 Å². The van der Waals surface area contributed by atoms with E-state index >= 15 is 0 Å². The van der Waals surface area contributed by atoms with Crippen LogP contribution in [-0.4, -0.2) is 32.8 Å². The molecule has 1 saturated carbocycles. The molecule has 2 aliphatic rings. The van der Waals surface area contributed by atoms with Crippen LogP contribution in [0, 0.1) is 5.92 Å². The van der Waals surface area contributed by atoms with E-state index in [1.165, 1.54) is 11.8 Å². The molecule has 1 amide bonds. The third kappa shape index (κ3) is 5.15. The molecule has 9 heteroatoms. The molecule has 1 aromatic carbocycles. The topological polar surface area (TPSA) is 79.3 Å². The Morgan fingerprint density at radius 1 is 1.26 bits per heavy atom. The second-order valence-electron chi connectivity index (χ2n) is 6.45. The van der Waals surface area contributed by atoms with Gasteiger partial charge in [0.1, 0.15) is 11.0 Å². The molecule has 2 aromatic rings. The molecular formula is C18H18ClN5OS2. The van der Waals surface area contributed by atoms with Gasteiger partial charge in [0.25, 0.3) is 0 Å². The van der Waals surface area contributed by atoms with Crippen LogP contribution in [0.4, 0.5) is 11.5 Å². The van der Waals surface area contributed by atoms with Crippen LogP contribution in [0.1, 0.15) is 19.8 Å². The number of amides is 1. The first-order valence-corrected chi connectivity index (χ1v) is 10.7. The Bertz CT molecular complexity index is 886. The quantitative estimate of drug-likeness (QED) is 0.547. The number of aromatic nitrogens is 2. The summed E-state index contributed by atoms with van der Waals surface area (Å²) in [6.07, 6.45) is 1.98. The lowest BCUT2D eigenvalue weighted by molar-refractivity contribution is -0.117. The average Bonchev–Trinajstić information content (AvgIpc) is 3.40. The van der Waals surface area contributed by atoms with E-state index < -0.39 is 0 Å². The summed E-state index contributed by atoms with van der Waals surface area (Å²) in [5.74, 6) is 0.924. The Labute approximate surface area is 171 Å². The number of carbonyl (C=O) groups excluding carboxylic acids is 1. The molecule has 2 heterocycles. The van der Waals surface area contributed by atoms with Crippen molar-refractivity contribution >= 4 is 57.7 Å². The van der Waals surface area contributed by atoms with Crippen LogP contribution < -0.4 is 10.6 Å². The van der Waals surface area contributed by atoms with E-state index in [1.54, 1.807) is 17.8 Å². The fourth-order valence-corrected chi connectivity index (χ4v) is 4.31. The summed E-state index contributed by atoms with van der Waals surface area (Å²) in [7, 11) is 0. The molecule has 2 N–H and O–H groups in total. The second-order valence-corrected chi connectivity index (χ2v) is 9.30. The predicted molar refractivity (Wildman–Crippen MR) is 112 cm³/mol. The van der Waals surface area contributed by atoms with Crippen molar-refractivity contribution in [2.75, 3.05) is 17.2 Å². The number of carbonyl (C=O) groups is 1. The Morgan fingerprint density at radius 3 is 2.70 bits per heavy atom. The molecule has 1 unspecified atom stereocenters. The molecule has 0 spiro atoms. The molecule has 0 bridgehead atoms. The zero-order chi connectivity index (χ0) is 18.8. The lowest BCUT2D eigenvalue weighted by Crippen LogP contribution is -2.12. The molecular weight excluding hydrogens is 402 g/mol. The minimum atomic E-state index is 0.103. The highest BCUT2D eigenvalue weighted by molar-refractivity contribution is 8.15. The van der Waals surface area contributed by atoms with Crippen LogP contribution >= 0.6 is 35.1 Å². The van der Waals surface area contributed by atoms with Crippen molar-refractivity contribution in [1.82, 2.24) is 9.97 Å². The molecule has 1 fully saturated rings. The zero-order valence-electron chi connectivity index (χ0n) is 14.6. The van der Waals surface area contributed by atoms with Gasteiger partial charge in [-0.2, -0.15) is 0 Å². The first kappa shape index (κ1) is 18.6. The molecule has 1 atom stereocenters.